The zero-order valence-electron chi connectivity index (χ0n) is 12.7. The second-order valence-electron chi connectivity index (χ2n) is 5.93. The van der Waals surface area contributed by atoms with Crippen molar-refractivity contribution < 1.29 is 4.79 Å². The molecule has 1 aromatic rings. The molecule has 1 fully saturated rings. The minimum Gasteiger partial charge on any atom is -0.355 e. The summed E-state index contributed by atoms with van der Waals surface area (Å²) < 4.78 is 1.08. The Labute approximate surface area is 136 Å². The molecule has 1 aliphatic carbocycles. The van der Waals surface area contributed by atoms with Gasteiger partial charge in [-0.1, -0.05) is 53.4 Å². The highest BCUT2D eigenvalue weighted by molar-refractivity contribution is 9.10. The van der Waals surface area contributed by atoms with E-state index in [9.17, 15) is 4.79 Å². The molecule has 0 aliphatic heterocycles. The lowest BCUT2D eigenvalue weighted by atomic mass is 9.89. The summed E-state index contributed by atoms with van der Waals surface area (Å²) in [6.45, 7) is 3.29. The van der Waals surface area contributed by atoms with E-state index in [2.05, 4.69) is 39.6 Å². The van der Waals surface area contributed by atoms with E-state index in [0.29, 0.717) is 12.5 Å². The van der Waals surface area contributed by atoms with Gasteiger partial charge >= 0.3 is 0 Å². The monoisotopic (exact) mass is 352 g/mol. The number of rotatable bonds is 6. The van der Waals surface area contributed by atoms with Gasteiger partial charge < -0.3 is 10.6 Å². The zero-order chi connectivity index (χ0) is 15.1. The van der Waals surface area contributed by atoms with Crippen molar-refractivity contribution in [2.45, 2.75) is 45.1 Å². The van der Waals surface area contributed by atoms with Crippen LogP contribution in [0.1, 0.15) is 50.6 Å². The van der Waals surface area contributed by atoms with Crippen molar-refractivity contribution in [2.75, 3.05) is 13.1 Å². The molecule has 2 N–H and O–H groups in total. The minimum atomic E-state index is 0.0967. The lowest BCUT2D eigenvalue weighted by Crippen LogP contribution is -2.37. The molecule has 0 unspecified atom stereocenters. The summed E-state index contributed by atoms with van der Waals surface area (Å²) in [6.07, 6.45) is 6.52. The molecule has 0 heterocycles. The first-order valence-corrected chi connectivity index (χ1v) is 8.70. The molecule has 1 aromatic carbocycles. The maximum Gasteiger partial charge on any atom is 0.233 e. The Morgan fingerprint density at radius 3 is 2.71 bits per heavy atom. The summed E-state index contributed by atoms with van der Waals surface area (Å²) in [7, 11) is 0. The fraction of sp³-hybridized carbons (Fsp3) is 0.588. The second-order valence-corrected chi connectivity index (χ2v) is 6.79. The van der Waals surface area contributed by atoms with Gasteiger partial charge in [-0.3, -0.25) is 4.79 Å². The highest BCUT2D eigenvalue weighted by atomic mass is 79.9. The van der Waals surface area contributed by atoms with Crippen LogP contribution in [0, 0.1) is 5.92 Å². The third-order valence-corrected chi connectivity index (χ3v) is 4.98. The quantitative estimate of drug-likeness (QED) is 0.817. The van der Waals surface area contributed by atoms with E-state index < -0.39 is 0 Å². The summed E-state index contributed by atoms with van der Waals surface area (Å²) >= 11 is 3.55. The predicted octanol–water partition coefficient (Wildman–Crippen LogP) is 3.80. The summed E-state index contributed by atoms with van der Waals surface area (Å²) in [5.74, 6) is 0.780. The maximum atomic E-state index is 11.9. The fourth-order valence-corrected chi connectivity index (χ4v) is 3.52. The molecule has 0 saturated heterocycles. The predicted molar refractivity (Wildman–Crippen MR) is 90.1 cm³/mol. The lowest BCUT2D eigenvalue weighted by molar-refractivity contribution is -0.120. The molecule has 116 valence electrons. The number of hydrogen-bond donors (Lipinski definition) is 2. The van der Waals surface area contributed by atoms with E-state index in [-0.39, 0.29) is 11.9 Å². The molecule has 0 bridgehead atoms. The summed E-state index contributed by atoms with van der Waals surface area (Å²) in [5.41, 5.74) is 1.18. The van der Waals surface area contributed by atoms with Gasteiger partial charge in [0, 0.05) is 17.1 Å². The van der Waals surface area contributed by atoms with Crippen LogP contribution in [0.25, 0.3) is 0 Å². The van der Waals surface area contributed by atoms with E-state index in [0.717, 1.165) is 11.0 Å². The molecular formula is C17H25BrN2O. The largest absolute Gasteiger partial charge is 0.355 e. The lowest BCUT2D eigenvalue weighted by Gasteiger charge is -2.22. The van der Waals surface area contributed by atoms with Crippen LogP contribution in [-0.2, 0) is 4.79 Å². The number of halogens is 1. The number of carbonyl (C=O) groups excluding carboxylic acids is 1. The van der Waals surface area contributed by atoms with Gasteiger partial charge in [-0.2, -0.15) is 0 Å². The first-order chi connectivity index (χ1) is 10.2. The summed E-state index contributed by atoms with van der Waals surface area (Å²) in [4.78, 5) is 11.9. The Morgan fingerprint density at radius 2 is 2.00 bits per heavy atom. The average molecular weight is 353 g/mol. The third kappa shape index (κ3) is 5.44. The van der Waals surface area contributed by atoms with E-state index in [1.54, 1.807) is 0 Å². The smallest absolute Gasteiger partial charge is 0.233 e. The number of amides is 1. The molecule has 0 aromatic heterocycles. The highest BCUT2D eigenvalue weighted by Crippen LogP contribution is 2.23. The molecular weight excluding hydrogens is 328 g/mol. The van der Waals surface area contributed by atoms with Crippen LogP contribution in [-0.4, -0.2) is 19.0 Å². The molecule has 1 aliphatic rings. The average Bonchev–Trinajstić information content (AvgIpc) is 2.52. The van der Waals surface area contributed by atoms with Crippen LogP contribution in [0.5, 0.6) is 0 Å². The summed E-state index contributed by atoms with van der Waals surface area (Å²) in [6, 6.07) is 8.26. The Kier molecular flexibility index (Phi) is 6.71. The highest BCUT2D eigenvalue weighted by Gasteiger charge is 2.15. The van der Waals surface area contributed by atoms with Crippen molar-refractivity contribution in [3.05, 3.63) is 34.3 Å². The molecule has 1 amide bonds. The molecule has 1 atom stereocenters. The second kappa shape index (κ2) is 8.54. The summed E-state index contributed by atoms with van der Waals surface area (Å²) in [5, 5.41) is 6.35. The first kappa shape index (κ1) is 16.5. The number of benzene rings is 1. The molecule has 4 heteroatoms. The van der Waals surface area contributed by atoms with Crippen LogP contribution >= 0.6 is 15.9 Å². The Hall–Kier alpha value is -0.870. The van der Waals surface area contributed by atoms with E-state index in [4.69, 9.17) is 0 Å². The van der Waals surface area contributed by atoms with E-state index in [1.165, 1.54) is 37.7 Å². The third-order valence-electron chi connectivity index (χ3n) is 4.25. The van der Waals surface area contributed by atoms with Crippen LogP contribution < -0.4 is 10.6 Å². The normalized spacial score (nSPS) is 17.4. The topological polar surface area (TPSA) is 41.1 Å². The molecule has 21 heavy (non-hydrogen) atoms. The van der Waals surface area contributed by atoms with Crippen molar-refractivity contribution >= 4 is 21.8 Å². The van der Waals surface area contributed by atoms with Gasteiger partial charge in [0.1, 0.15) is 0 Å². The van der Waals surface area contributed by atoms with Crippen molar-refractivity contribution in [1.29, 1.82) is 0 Å². The first-order valence-electron chi connectivity index (χ1n) is 7.91. The van der Waals surface area contributed by atoms with Gasteiger partial charge in [-0.05, 0) is 37.3 Å². The maximum absolute atomic E-state index is 11.9. The Bertz CT molecular complexity index is 458. The van der Waals surface area contributed by atoms with Crippen molar-refractivity contribution in [3.8, 4) is 0 Å². The van der Waals surface area contributed by atoms with Gasteiger partial charge in [0.15, 0.2) is 0 Å². The van der Waals surface area contributed by atoms with Crippen LogP contribution in [0.4, 0.5) is 0 Å². The van der Waals surface area contributed by atoms with Gasteiger partial charge in [0.05, 0.1) is 6.54 Å². The van der Waals surface area contributed by atoms with Gasteiger partial charge in [0.25, 0.3) is 0 Å². The molecule has 3 nitrogen and oxygen atoms in total. The zero-order valence-corrected chi connectivity index (χ0v) is 14.3. The standard InChI is InChI=1S/C17H25BrN2O/c1-13(15-9-5-6-10-16(15)18)19-12-17(21)20-11-14-7-3-2-4-8-14/h5-6,9-10,13-14,19H,2-4,7-8,11-12H2,1H3,(H,20,21)/t13-/m0/s1. The fourth-order valence-electron chi connectivity index (χ4n) is 2.89. The molecule has 0 radical (unpaired) electrons. The molecule has 0 spiro atoms. The van der Waals surface area contributed by atoms with Gasteiger partial charge in [0.2, 0.25) is 5.91 Å². The Morgan fingerprint density at radius 1 is 1.29 bits per heavy atom. The SMILES string of the molecule is C[C@H](NCC(=O)NCC1CCCCC1)c1ccccc1Br. The van der Waals surface area contributed by atoms with Gasteiger partial charge in [-0.15, -0.1) is 0 Å². The number of nitrogens with one attached hydrogen (secondary N) is 2. The van der Waals surface area contributed by atoms with Crippen LogP contribution in [0.2, 0.25) is 0 Å². The van der Waals surface area contributed by atoms with Crippen molar-refractivity contribution in [1.82, 2.24) is 10.6 Å². The van der Waals surface area contributed by atoms with E-state index >= 15 is 0 Å². The molecule has 2 rings (SSSR count). The number of carbonyl (C=O) groups is 1. The van der Waals surface area contributed by atoms with Crippen molar-refractivity contribution in [2.24, 2.45) is 5.92 Å². The van der Waals surface area contributed by atoms with Crippen molar-refractivity contribution in [3.63, 3.8) is 0 Å². The number of hydrogen-bond acceptors (Lipinski definition) is 2. The van der Waals surface area contributed by atoms with Crippen LogP contribution in [0.15, 0.2) is 28.7 Å². The van der Waals surface area contributed by atoms with E-state index in [1.807, 2.05) is 18.2 Å². The van der Waals surface area contributed by atoms with Gasteiger partial charge in [-0.25, -0.2) is 0 Å². The molecule has 1 saturated carbocycles. The minimum absolute atomic E-state index is 0.0967. The Balaban J connectivity index is 1.69. The van der Waals surface area contributed by atoms with Crippen LogP contribution in [0.3, 0.4) is 0 Å².